The maximum absolute atomic E-state index is 11.7. The van der Waals surface area contributed by atoms with Crippen molar-refractivity contribution in [1.29, 1.82) is 0 Å². The molecule has 0 heterocycles. The van der Waals surface area contributed by atoms with Gasteiger partial charge < -0.3 is 11.1 Å². The van der Waals surface area contributed by atoms with E-state index in [1.54, 1.807) is 12.4 Å². The van der Waals surface area contributed by atoms with Gasteiger partial charge in [-0.3, -0.25) is 19.7 Å². The molecule has 0 fully saturated rings. The number of non-ortho nitro benzene ring substituents is 1. The van der Waals surface area contributed by atoms with E-state index in [0.717, 1.165) is 12.8 Å². The molecule has 0 aliphatic rings. The average molecular weight is 304 g/mol. The van der Waals surface area contributed by atoms with E-state index in [0.29, 0.717) is 18.5 Å². The Hall–Kier alpha value is -2.54. The second-order valence-corrected chi connectivity index (χ2v) is 4.65. The smallest absolute Gasteiger partial charge is 0.270 e. The molecule has 0 aliphatic carbocycles. The first-order valence-electron chi connectivity index (χ1n) is 6.87. The number of nitrogens with one attached hydrogen (secondary N) is 1. The molecule has 3 N–H and O–H groups in total. The minimum atomic E-state index is -0.672. The lowest BCUT2D eigenvalue weighted by molar-refractivity contribution is -0.384. The molecule has 0 aromatic heterocycles. The Kier molecular flexibility index (Phi) is 7.49. The van der Waals surface area contributed by atoms with E-state index in [1.165, 1.54) is 30.4 Å². The summed E-state index contributed by atoms with van der Waals surface area (Å²) in [4.78, 5) is 32.6. The van der Waals surface area contributed by atoms with Gasteiger partial charge >= 0.3 is 0 Å². The predicted molar refractivity (Wildman–Crippen MR) is 82.7 cm³/mol. The van der Waals surface area contributed by atoms with Crippen molar-refractivity contribution in [3.63, 3.8) is 0 Å². The van der Waals surface area contributed by atoms with Crippen molar-refractivity contribution in [2.75, 3.05) is 6.54 Å². The Labute approximate surface area is 128 Å². The normalized spacial score (nSPS) is 12.0. The van der Waals surface area contributed by atoms with Crippen LogP contribution >= 0.6 is 0 Å². The fourth-order valence-electron chi connectivity index (χ4n) is 1.79. The summed E-state index contributed by atoms with van der Waals surface area (Å²) in [6, 6.07) is 5.22. The second-order valence-electron chi connectivity index (χ2n) is 4.65. The highest BCUT2D eigenvalue weighted by molar-refractivity contribution is 5.93. The second kappa shape index (κ2) is 9.41. The molecule has 0 spiro atoms. The van der Waals surface area contributed by atoms with Gasteiger partial charge in [0.25, 0.3) is 5.69 Å². The van der Waals surface area contributed by atoms with Gasteiger partial charge in [-0.05, 0) is 37.4 Å². The van der Waals surface area contributed by atoms with Gasteiger partial charge in [0.1, 0.15) is 0 Å². The zero-order valence-corrected chi connectivity index (χ0v) is 12.0. The number of unbranched alkanes of at least 4 members (excludes halogenated alkanes) is 1. The average Bonchev–Trinajstić information content (AvgIpc) is 2.52. The summed E-state index contributed by atoms with van der Waals surface area (Å²) in [7, 11) is 0. The van der Waals surface area contributed by atoms with E-state index in [-0.39, 0.29) is 5.69 Å². The lowest BCUT2D eigenvalue weighted by Crippen LogP contribution is -2.34. The molecule has 0 bridgehead atoms. The number of carbonyl (C=O) groups is 1. The number of nitrogens with zero attached hydrogens (tertiary/aromatic N) is 1. The van der Waals surface area contributed by atoms with Gasteiger partial charge in [-0.2, -0.15) is 0 Å². The first-order chi connectivity index (χ1) is 10.6. The van der Waals surface area contributed by atoms with Gasteiger partial charge in [-0.25, -0.2) is 0 Å². The van der Waals surface area contributed by atoms with Crippen molar-refractivity contribution in [2.24, 2.45) is 5.73 Å². The van der Waals surface area contributed by atoms with Crippen molar-refractivity contribution in [3.8, 4) is 0 Å². The van der Waals surface area contributed by atoms with Gasteiger partial charge in [0, 0.05) is 18.2 Å². The summed E-state index contributed by atoms with van der Waals surface area (Å²) >= 11 is 0. The molecule has 117 valence electrons. The molecule has 7 heteroatoms. The highest BCUT2D eigenvalue weighted by atomic mass is 16.6. The van der Waals surface area contributed by atoms with Crippen molar-refractivity contribution in [2.45, 2.75) is 25.3 Å². The van der Waals surface area contributed by atoms with Crippen LogP contribution in [-0.4, -0.2) is 29.7 Å². The molecule has 22 heavy (non-hydrogen) atoms. The van der Waals surface area contributed by atoms with E-state index < -0.39 is 16.9 Å². The minimum Gasteiger partial charge on any atom is -0.342 e. The number of nitro groups is 1. The maximum Gasteiger partial charge on any atom is 0.270 e. The van der Waals surface area contributed by atoms with Crippen molar-refractivity contribution in [3.05, 3.63) is 46.0 Å². The lowest BCUT2D eigenvalue weighted by Gasteiger charge is -2.09. The van der Waals surface area contributed by atoms with Crippen LogP contribution in [0.25, 0.3) is 6.08 Å². The first kappa shape index (κ1) is 17.5. The van der Waals surface area contributed by atoms with Crippen LogP contribution in [0, 0.1) is 10.1 Å². The summed E-state index contributed by atoms with van der Waals surface area (Å²) in [5.74, 6) is -0.451. The molecule has 0 saturated carbocycles. The molecular weight excluding hydrogens is 286 g/mol. The largest absolute Gasteiger partial charge is 0.342 e. The summed E-state index contributed by atoms with van der Waals surface area (Å²) in [6.07, 6.45) is 6.43. The summed E-state index contributed by atoms with van der Waals surface area (Å²) < 4.78 is 0. The van der Waals surface area contributed by atoms with E-state index in [2.05, 4.69) is 5.32 Å². The van der Waals surface area contributed by atoms with Crippen LogP contribution in [-0.2, 0) is 9.59 Å². The quantitative estimate of drug-likeness (QED) is 0.309. The maximum atomic E-state index is 11.7. The van der Waals surface area contributed by atoms with Crippen LogP contribution in [0.1, 0.15) is 24.8 Å². The Bertz CT molecular complexity index is 557. The number of benzene rings is 1. The van der Waals surface area contributed by atoms with Crippen molar-refractivity contribution < 1.29 is 14.5 Å². The van der Waals surface area contributed by atoms with Gasteiger partial charge in [0.05, 0.1) is 11.0 Å². The summed E-state index contributed by atoms with van der Waals surface area (Å²) in [5, 5.41) is 13.2. The predicted octanol–water partition coefficient (Wildman–Crippen LogP) is 1.33. The molecule has 7 nitrogen and oxygen atoms in total. The SMILES string of the molecule is NCCCC[C@@H]([C]=O)NC(=O)/C=C/c1cccc([N+](=O)[O-])c1. The molecule has 0 unspecified atom stereocenters. The van der Waals surface area contributed by atoms with Crippen LogP contribution in [0.5, 0.6) is 0 Å². The first-order valence-corrected chi connectivity index (χ1v) is 6.87. The molecule has 1 amide bonds. The van der Waals surface area contributed by atoms with Crippen LogP contribution in [0.4, 0.5) is 5.69 Å². The number of rotatable bonds is 9. The van der Waals surface area contributed by atoms with Gasteiger partial charge in [-0.1, -0.05) is 12.1 Å². The van der Waals surface area contributed by atoms with Gasteiger partial charge in [0.2, 0.25) is 12.2 Å². The van der Waals surface area contributed by atoms with Crippen LogP contribution in [0.15, 0.2) is 30.3 Å². The number of nitro benzene ring substituents is 1. The van der Waals surface area contributed by atoms with Crippen LogP contribution in [0.3, 0.4) is 0 Å². The topological polar surface area (TPSA) is 115 Å². The lowest BCUT2D eigenvalue weighted by atomic mass is 10.1. The Morgan fingerprint density at radius 2 is 2.23 bits per heavy atom. The fourth-order valence-corrected chi connectivity index (χ4v) is 1.79. The van der Waals surface area contributed by atoms with E-state index in [1.807, 2.05) is 0 Å². The third-order valence-corrected chi connectivity index (χ3v) is 2.91. The summed E-state index contributed by atoms with van der Waals surface area (Å²) in [6.45, 7) is 0.534. The van der Waals surface area contributed by atoms with E-state index in [9.17, 15) is 19.7 Å². The highest BCUT2D eigenvalue weighted by Gasteiger charge is 2.10. The molecular formula is C15H18N3O4. The third-order valence-electron chi connectivity index (χ3n) is 2.91. The Balaban J connectivity index is 2.57. The number of amides is 1. The standard InChI is InChI=1S/C15H18N3O4/c16-9-2-1-5-13(11-19)17-15(20)8-7-12-4-3-6-14(10-12)18(21)22/h3-4,6-8,10,13H,1-2,5,9,16H2,(H,17,20)/b8-7+/t13-/m0/s1. The number of carbonyl (C=O) groups excluding carboxylic acids is 2. The molecule has 1 radical (unpaired) electrons. The zero-order chi connectivity index (χ0) is 16.4. The monoisotopic (exact) mass is 304 g/mol. The molecule has 1 aromatic carbocycles. The van der Waals surface area contributed by atoms with Crippen molar-refractivity contribution >= 4 is 24.0 Å². The molecule has 0 saturated heterocycles. The third kappa shape index (κ3) is 6.27. The Morgan fingerprint density at radius 3 is 2.86 bits per heavy atom. The fraction of sp³-hybridized carbons (Fsp3) is 0.333. The molecule has 0 aliphatic heterocycles. The van der Waals surface area contributed by atoms with E-state index >= 15 is 0 Å². The van der Waals surface area contributed by atoms with Crippen LogP contribution < -0.4 is 11.1 Å². The molecule has 1 aromatic rings. The van der Waals surface area contributed by atoms with Gasteiger partial charge in [-0.15, -0.1) is 0 Å². The summed E-state index contributed by atoms with van der Waals surface area (Å²) in [5.41, 5.74) is 5.83. The number of hydrogen-bond acceptors (Lipinski definition) is 5. The highest BCUT2D eigenvalue weighted by Crippen LogP contribution is 2.14. The number of hydrogen-bond donors (Lipinski definition) is 2. The van der Waals surface area contributed by atoms with Crippen LogP contribution in [0.2, 0.25) is 0 Å². The van der Waals surface area contributed by atoms with Crippen molar-refractivity contribution in [1.82, 2.24) is 5.32 Å². The molecule has 1 rings (SSSR count). The Morgan fingerprint density at radius 1 is 1.45 bits per heavy atom. The zero-order valence-electron chi connectivity index (χ0n) is 12.0. The number of nitrogens with two attached hydrogens (primary N) is 1. The molecule has 1 atom stereocenters. The van der Waals surface area contributed by atoms with Gasteiger partial charge in [0.15, 0.2) is 0 Å². The minimum absolute atomic E-state index is 0.0524. The van der Waals surface area contributed by atoms with E-state index in [4.69, 9.17) is 5.73 Å².